The number of hydrogen-bond acceptors (Lipinski definition) is 6. The van der Waals surface area contributed by atoms with Crippen LogP contribution in [-0.4, -0.2) is 64.6 Å². The van der Waals surface area contributed by atoms with E-state index in [9.17, 15) is 14.4 Å². The Balaban J connectivity index is 1.75. The first-order valence-corrected chi connectivity index (χ1v) is 11.7. The van der Waals surface area contributed by atoms with E-state index in [1.54, 1.807) is 16.5 Å². The van der Waals surface area contributed by atoms with Gasteiger partial charge in [0.2, 0.25) is 0 Å². The number of benzene rings is 1. The second kappa shape index (κ2) is 10.3. The van der Waals surface area contributed by atoms with Gasteiger partial charge in [-0.2, -0.15) is 5.10 Å². The number of hydrogen-bond donors (Lipinski definition) is 1. The maximum Gasteiger partial charge on any atom is 0.410 e. The molecule has 2 aromatic rings. The van der Waals surface area contributed by atoms with Gasteiger partial charge in [-0.05, 0) is 64.2 Å². The molecule has 1 fully saturated rings. The Morgan fingerprint density at radius 1 is 1.21 bits per heavy atom. The number of nitrogens with two attached hydrogens (primary N) is 1. The highest BCUT2D eigenvalue weighted by molar-refractivity contribution is 6.00. The molecule has 0 saturated carbocycles. The summed E-state index contributed by atoms with van der Waals surface area (Å²) >= 11 is 0. The molecule has 3 amide bonds. The maximum atomic E-state index is 12.4. The Bertz CT molecular complexity index is 1050. The monoisotopic (exact) mass is 473 g/mol. The summed E-state index contributed by atoms with van der Waals surface area (Å²) in [5.74, 6) is 0.326. The predicted molar refractivity (Wildman–Crippen MR) is 129 cm³/mol. The van der Waals surface area contributed by atoms with E-state index in [4.69, 9.17) is 15.2 Å². The minimum Gasteiger partial charge on any atom is -0.466 e. The Kier molecular flexibility index (Phi) is 7.68. The summed E-state index contributed by atoms with van der Waals surface area (Å²) < 4.78 is 12.2. The lowest BCUT2D eigenvalue weighted by Gasteiger charge is -2.33. The first-order valence-electron chi connectivity index (χ1n) is 11.7. The molecule has 2 N–H and O–H groups in total. The molecule has 3 rings (SSSR count). The number of carbonyl (C=O) groups excluding carboxylic acids is 3. The van der Waals surface area contributed by atoms with E-state index >= 15 is 0 Å². The molecular formula is C24H35N5O5. The lowest BCUT2D eigenvalue weighted by Crippen LogP contribution is -2.41. The average Bonchev–Trinajstić information content (AvgIpc) is 3.08. The zero-order valence-corrected chi connectivity index (χ0v) is 20.7. The highest BCUT2D eigenvalue weighted by Crippen LogP contribution is 2.33. The third-order valence-electron chi connectivity index (χ3n) is 5.84. The molecule has 10 heteroatoms. The van der Waals surface area contributed by atoms with Gasteiger partial charge in [0, 0.05) is 32.1 Å². The number of primary amides is 1. The van der Waals surface area contributed by atoms with Gasteiger partial charge in [-0.3, -0.25) is 14.4 Å². The van der Waals surface area contributed by atoms with Gasteiger partial charge in [0.25, 0.3) is 0 Å². The molecule has 1 aromatic heterocycles. The van der Waals surface area contributed by atoms with Crippen LogP contribution in [0.1, 0.15) is 58.4 Å². The minimum atomic E-state index is -0.678. The number of anilines is 1. The van der Waals surface area contributed by atoms with E-state index in [-0.39, 0.29) is 25.7 Å². The molecule has 186 valence electrons. The molecule has 1 aliphatic rings. The maximum absolute atomic E-state index is 12.4. The molecule has 0 radical (unpaired) electrons. The van der Waals surface area contributed by atoms with Crippen molar-refractivity contribution in [3.8, 4) is 0 Å². The topological polar surface area (TPSA) is 120 Å². The number of piperidine rings is 1. The van der Waals surface area contributed by atoms with Crippen molar-refractivity contribution in [3.63, 3.8) is 0 Å². The molecular weight excluding hydrogens is 438 g/mol. The third-order valence-corrected chi connectivity index (χ3v) is 5.84. The Morgan fingerprint density at radius 2 is 1.88 bits per heavy atom. The van der Waals surface area contributed by atoms with Gasteiger partial charge in [-0.15, -0.1) is 0 Å². The van der Waals surface area contributed by atoms with Crippen molar-refractivity contribution >= 4 is 34.8 Å². The number of ether oxygens (including phenoxy) is 2. The van der Waals surface area contributed by atoms with E-state index in [1.807, 2.05) is 40.0 Å². The summed E-state index contributed by atoms with van der Waals surface area (Å²) in [6.45, 7) is 8.97. The van der Waals surface area contributed by atoms with E-state index in [2.05, 4.69) is 11.2 Å². The fraction of sp³-hybridized carbons (Fsp3) is 0.583. The van der Waals surface area contributed by atoms with Crippen LogP contribution in [0.2, 0.25) is 0 Å². The van der Waals surface area contributed by atoms with Gasteiger partial charge >= 0.3 is 18.1 Å². The summed E-state index contributed by atoms with van der Waals surface area (Å²) in [7, 11) is 1.81. The zero-order valence-electron chi connectivity index (χ0n) is 20.7. The van der Waals surface area contributed by atoms with E-state index in [1.165, 1.54) is 4.90 Å². The number of esters is 1. The molecule has 1 aliphatic heterocycles. The zero-order chi connectivity index (χ0) is 25.0. The van der Waals surface area contributed by atoms with E-state index in [0.717, 1.165) is 29.3 Å². The SMILES string of the molecule is CCOC(=O)CCN(C(N)=O)c1nn(C)c2cc(C3CCN(C(=O)OC(C)(C)C)CC3)ccc12. The Hall–Kier alpha value is -3.30. The molecule has 10 nitrogen and oxygen atoms in total. The first kappa shape index (κ1) is 25.3. The number of carbonyl (C=O) groups is 3. The molecule has 2 heterocycles. The van der Waals surface area contributed by atoms with Gasteiger partial charge in [0.05, 0.1) is 18.5 Å². The molecule has 0 atom stereocenters. The highest BCUT2D eigenvalue weighted by atomic mass is 16.6. The first-order chi connectivity index (χ1) is 16.0. The predicted octanol–water partition coefficient (Wildman–Crippen LogP) is 3.53. The van der Waals surface area contributed by atoms with Crippen molar-refractivity contribution in [3.05, 3.63) is 23.8 Å². The van der Waals surface area contributed by atoms with Crippen LogP contribution in [0.5, 0.6) is 0 Å². The van der Waals surface area contributed by atoms with Crippen molar-refractivity contribution < 1.29 is 23.9 Å². The normalized spacial score (nSPS) is 14.8. The number of aryl methyl sites for hydroxylation is 1. The lowest BCUT2D eigenvalue weighted by molar-refractivity contribution is -0.142. The van der Waals surface area contributed by atoms with Gasteiger partial charge < -0.3 is 20.1 Å². The summed E-state index contributed by atoms with van der Waals surface area (Å²) in [6.07, 6.45) is 1.43. The van der Waals surface area contributed by atoms with E-state index in [0.29, 0.717) is 24.8 Å². The molecule has 0 unspecified atom stereocenters. The van der Waals surface area contributed by atoms with Gasteiger partial charge in [0.15, 0.2) is 5.82 Å². The summed E-state index contributed by atoms with van der Waals surface area (Å²) in [4.78, 5) is 39.3. The second-order valence-corrected chi connectivity index (χ2v) is 9.51. The van der Waals surface area contributed by atoms with E-state index < -0.39 is 17.6 Å². The van der Waals surface area contributed by atoms with Crippen molar-refractivity contribution in [2.75, 3.05) is 31.1 Å². The van der Waals surface area contributed by atoms with Crippen LogP contribution in [-0.2, 0) is 21.3 Å². The van der Waals surface area contributed by atoms with Crippen LogP contribution in [0.25, 0.3) is 10.9 Å². The van der Waals surface area contributed by atoms with Crippen LogP contribution in [0.15, 0.2) is 18.2 Å². The van der Waals surface area contributed by atoms with Crippen LogP contribution in [0.4, 0.5) is 15.4 Å². The number of urea groups is 1. The standard InChI is InChI=1S/C24H35N5O5/c1-6-33-20(30)11-14-29(22(25)31)21-18-8-7-17(15-19(18)27(5)26-21)16-9-12-28(13-10-16)23(32)34-24(2,3)4/h7-8,15-16H,6,9-14H2,1-5H3,(H2,25,31). The summed E-state index contributed by atoms with van der Waals surface area (Å²) in [6, 6.07) is 5.37. The van der Waals surface area contributed by atoms with Gasteiger partial charge in [-0.1, -0.05) is 6.07 Å². The molecule has 0 spiro atoms. The number of amides is 3. The smallest absolute Gasteiger partial charge is 0.410 e. The van der Waals surface area contributed by atoms with Crippen LogP contribution < -0.4 is 10.6 Å². The molecule has 1 aromatic carbocycles. The highest BCUT2D eigenvalue weighted by Gasteiger charge is 2.28. The van der Waals surface area contributed by atoms with Crippen molar-refractivity contribution in [1.29, 1.82) is 0 Å². The summed E-state index contributed by atoms with van der Waals surface area (Å²) in [5.41, 5.74) is 7.11. The van der Waals surface area contributed by atoms with Crippen LogP contribution >= 0.6 is 0 Å². The van der Waals surface area contributed by atoms with Crippen molar-refractivity contribution in [2.45, 2.75) is 58.5 Å². The number of aromatic nitrogens is 2. The number of fused-ring (bicyclic) bond motifs is 1. The molecule has 0 bridgehead atoms. The largest absolute Gasteiger partial charge is 0.466 e. The molecule has 34 heavy (non-hydrogen) atoms. The summed E-state index contributed by atoms with van der Waals surface area (Å²) in [5, 5.41) is 5.29. The second-order valence-electron chi connectivity index (χ2n) is 9.51. The minimum absolute atomic E-state index is 0.0309. The number of nitrogens with zero attached hydrogens (tertiary/aromatic N) is 4. The number of likely N-dealkylation sites (tertiary alicyclic amines) is 1. The van der Waals surface area contributed by atoms with Gasteiger partial charge in [-0.25, -0.2) is 9.59 Å². The quantitative estimate of drug-likeness (QED) is 0.641. The fourth-order valence-corrected chi connectivity index (χ4v) is 4.19. The molecule has 0 aliphatic carbocycles. The van der Waals surface area contributed by atoms with Crippen LogP contribution in [0, 0.1) is 0 Å². The van der Waals surface area contributed by atoms with Crippen molar-refractivity contribution in [2.24, 2.45) is 12.8 Å². The average molecular weight is 474 g/mol. The molecule has 1 saturated heterocycles. The van der Waals surface area contributed by atoms with Crippen molar-refractivity contribution in [1.82, 2.24) is 14.7 Å². The third kappa shape index (κ3) is 5.98. The fourth-order valence-electron chi connectivity index (χ4n) is 4.19. The Labute approximate surface area is 199 Å². The lowest BCUT2D eigenvalue weighted by atomic mass is 9.89. The van der Waals surface area contributed by atoms with Crippen LogP contribution in [0.3, 0.4) is 0 Å². The number of rotatable bonds is 6. The van der Waals surface area contributed by atoms with Gasteiger partial charge in [0.1, 0.15) is 5.60 Å². The Morgan fingerprint density at radius 3 is 2.47 bits per heavy atom.